The van der Waals surface area contributed by atoms with Crippen LogP contribution in [0.1, 0.15) is 33.6 Å². The quantitative estimate of drug-likeness (QED) is 0.767. The van der Waals surface area contributed by atoms with E-state index in [-0.39, 0.29) is 5.41 Å². The van der Waals surface area contributed by atoms with Gasteiger partial charge >= 0.3 is 0 Å². The van der Waals surface area contributed by atoms with Crippen LogP contribution in [-0.2, 0) is 6.54 Å². The standard InChI is InChI=1S/C21H33N5O/c1-20(2,3)19-16(12-23-24-19)13-25-10-8-21(27,9-11-25)14-26-15-22-17-6-4-5-7-18(17)26/h4-7,15-16,19,23-24,27H,8-14H2,1-3H3. The van der Waals surface area contributed by atoms with Gasteiger partial charge in [-0.05, 0) is 30.4 Å². The fourth-order valence-corrected chi connectivity index (χ4v) is 4.72. The number of hydrogen-bond donors (Lipinski definition) is 3. The van der Waals surface area contributed by atoms with Crippen LogP contribution in [0.25, 0.3) is 11.0 Å². The molecule has 0 radical (unpaired) electrons. The lowest BCUT2D eigenvalue weighted by atomic mass is 9.79. The zero-order valence-corrected chi connectivity index (χ0v) is 16.8. The number of fused-ring (bicyclic) bond motifs is 1. The van der Waals surface area contributed by atoms with E-state index in [0.717, 1.165) is 50.1 Å². The normalized spacial score (nSPS) is 26.7. The minimum Gasteiger partial charge on any atom is -0.388 e. The second kappa shape index (κ2) is 7.17. The van der Waals surface area contributed by atoms with E-state index in [1.807, 2.05) is 24.5 Å². The molecule has 0 spiro atoms. The maximum absolute atomic E-state index is 11.2. The summed E-state index contributed by atoms with van der Waals surface area (Å²) in [6.45, 7) is 11.5. The Morgan fingerprint density at radius 2 is 1.96 bits per heavy atom. The van der Waals surface area contributed by atoms with Gasteiger partial charge in [-0.1, -0.05) is 32.9 Å². The number of imidazole rings is 1. The average molecular weight is 372 g/mol. The molecule has 4 rings (SSSR count). The lowest BCUT2D eigenvalue weighted by Crippen LogP contribution is -2.50. The first kappa shape index (κ1) is 18.9. The lowest BCUT2D eigenvalue weighted by Gasteiger charge is -2.41. The van der Waals surface area contributed by atoms with Crippen molar-refractivity contribution in [3.05, 3.63) is 30.6 Å². The SMILES string of the molecule is CC(C)(C)C1NNCC1CN1CCC(O)(Cn2cnc3ccccc32)CC1. The first-order valence-electron chi connectivity index (χ1n) is 10.2. The van der Waals surface area contributed by atoms with Crippen molar-refractivity contribution in [3.8, 4) is 0 Å². The Morgan fingerprint density at radius 3 is 2.70 bits per heavy atom. The summed E-state index contributed by atoms with van der Waals surface area (Å²) in [6, 6.07) is 8.62. The van der Waals surface area contributed by atoms with Gasteiger partial charge in [0, 0.05) is 38.1 Å². The molecule has 2 saturated heterocycles. The predicted molar refractivity (Wildman–Crippen MR) is 108 cm³/mol. The zero-order chi connectivity index (χ0) is 19.1. The topological polar surface area (TPSA) is 65.3 Å². The van der Waals surface area contributed by atoms with Crippen LogP contribution >= 0.6 is 0 Å². The van der Waals surface area contributed by atoms with Crippen molar-refractivity contribution in [2.24, 2.45) is 11.3 Å². The highest BCUT2D eigenvalue weighted by Gasteiger charge is 2.39. The molecular weight excluding hydrogens is 338 g/mol. The lowest BCUT2D eigenvalue weighted by molar-refractivity contribution is -0.0367. The molecule has 0 saturated carbocycles. The molecule has 3 N–H and O–H groups in total. The van der Waals surface area contributed by atoms with Gasteiger partial charge in [0.2, 0.25) is 0 Å². The summed E-state index contributed by atoms with van der Waals surface area (Å²) in [6.07, 6.45) is 3.49. The maximum Gasteiger partial charge on any atom is 0.0959 e. The van der Waals surface area contributed by atoms with Crippen LogP contribution in [0.15, 0.2) is 30.6 Å². The number of hydrogen-bond acceptors (Lipinski definition) is 5. The van der Waals surface area contributed by atoms with Gasteiger partial charge in [0.05, 0.1) is 29.5 Å². The molecule has 2 fully saturated rings. The van der Waals surface area contributed by atoms with E-state index in [1.165, 1.54) is 0 Å². The van der Waals surface area contributed by atoms with Crippen LogP contribution in [0, 0.1) is 11.3 Å². The molecule has 1 aromatic heterocycles. The summed E-state index contributed by atoms with van der Waals surface area (Å²) in [7, 11) is 0. The van der Waals surface area contributed by atoms with E-state index >= 15 is 0 Å². The van der Waals surface area contributed by atoms with Crippen LogP contribution in [-0.4, -0.2) is 57.4 Å². The molecule has 0 bridgehead atoms. The monoisotopic (exact) mass is 371 g/mol. The molecule has 2 unspecified atom stereocenters. The Bertz CT molecular complexity index is 772. The maximum atomic E-state index is 11.2. The predicted octanol–water partition coefficient (Wildman–Crippen LogP) is 2.00. The molecule has 3 heterocycles. The van der Waals surface area contributed by atoms with Crippen molar-refractivity contribution in [2.75, 3.05) is 26.2 Å². The minimum atomic E-state index is -0.643. The summed E-state index contributed by atoms with van der Waals surface area (Å²) >= 11 is 0. The summed E-state index contributed by atoms with van der Waals surface area (Å²) < 4.78 is 2.10. The third-order valence-corrected chi connectivity index (χ3v) is 6.30. The van der Waals surface area contributed by atoms with E-state index < -0.39 is 5.60 Å². The number of para-hydroxylation sites is 2. The number of aliphatic hydroxyl groups is 1. The fourth-order valence-electron chi connectivity index (χ4n) is 4.72. The van der Waals surface area contributed by atoms with Gasteiger partial charge in [0.25, 0.3) is 0 Å². The van der Waals surface area contributed by atoms with Crippen molar-refractivity contribution >= 4 is 11.0 Å². The first-order valence-corrected chi connectivity index (χ1v) is 10.2. The van der Waals surface area contributed by atoms with Gasteiger partial charge in [0.15, 0.2) is 0 Å². The number of benzene rings is 1. The van der Waals surface area contributed by atoms with Crippen LogP contribution in [0.4, 0.5) is 0 Å². The highest BCUT2D eigenvalue weighted by Crippen LogP contribution is 2.30. The molecule has 6 nitrogen and oxygen atoms in total. The van der Waals surface area contributed by atoms with Crippen molar-refractivity contribution in [2.45, 2.75) is 51.8 Å². The Balaban J connectivity index is 1.35. The molecule has 6 heteroatoms. The molecule has 1 aromatic carbocycles. The van der Waals surface area contributed by atoms with Crippen molar-refractivity contribution in [1.82, 2.24) is 25.3 Å². The number of nitrogens with one attached hydrogen (secondary N) is 2. The second-order valence-corrected chi connectivity index (χ2v) is 9.52. The number of nitrogens with zero attached hydrogens (tertiary/aromatic N) is 3. The summed E-state index contributed by atoms with van der Waals surface area (Å²) in [4.78, 5) is 6.98. The summed E-state index contributed by atoms with van der Waals surface area (Å²) in [5.74, 6) is 0.605. The van der Waals surface area contributed by atoms with Crippen molar-refractivity contribution in [3.63, 3.8) is 0 Å². The van der Waals surface area contributed by atoms with Gasteiger partial charge in [-0.2, -0.15) is 0 Å². The molecule has 2 aliphatic heterocycles. The first-order chi connectivity index (χ1) is 12.8. The Morgan fingerprint density at radius 1 is 1.22 bits per heavy atom. The summed E-state index contributed by atoms with van der Waals surface area (Å²) in [5, 5.41) is 11.2. The van der Waals surface area contributed by atoms with Crippen LogP contribution < -0.4 is 10.9 Å². The summed E-state index contributed by atoms with van der Waals surface area (Å²) in [5.41, 5.74) is 8.50. The third-order valence-electron chi connectivity index (χ3n) is 6.30. The van der Waals surface area contributed by atoms with Crippen molar-refractivity contribution < 1.29 is 5.11 Å². The molecular formula is C21H33N5O. The highest BCUT2D eigenvalue weighted by molar-refractivity contribution is 5.74. The fraction of sp³-hybridized carbons (Fsp3) is 0.667. The smallest absolute Gasteiger partial charge is 0.0959 e. The molecule has 2 aliphatic rings. The number of hydrazine groups is 1. The molecule has 2 aromatic rings. The van der Waals surface area contributed by atoms with E-state index in [2.05, 4.69) is 52.1 Å². The van der Waals surface area contributed by atoms with Gasteiger partial charge < -0.3 is 14.6 Å². The molecule has 0 amide bonds. The largest absolute Gasteiger partial charge is 0.388 e. The van der Waals surface area contributed by atoms with Crippen molar-refractivity contribution in [1.29, 1.82) is 0 Å². The van der Waals surface area contributed by atoms with Crippen LogP contribution in [0.3, 0.4) is 0 Å². The molecule has 27 heavy (non-hydrogen) atoms. The van der Waals surface area contributed by atoms with Gasteiger partial charge in [0.1, 0.15) is 0 Å². The Kier molecular flexibility index (Phi) is 5.01. The van der Waals surface area contributed by atoms with Gasteiger partial charge in [-0.25, -0.2) is 4.98 Å². The van der Waals surface area contributed by atoms with E-state index in [0.29, 0.717) is 18.5 Å². The number of piperidine rings is 1. The Labute approximate surface area is 161 Å². The highest BCUT2D eigenvalue weighted by atomic mass is 16.3. The average Bonchev–Trinajstić information content (AvgIpc) is 3.24. The number of rotatable bonds is 4. The van der Waals surface area contributed by atoms with E-state index in [4.69, 9.17) is 0 Å². The second-order valence-electron chi connectivity index (χ2n) is 9.52. The Hall–Kier alpha value is -1.47. The molecule has 148 valence electrons. The molecule has 2 atom stereocenters. The third kappa shape index (κ3) is 4.04. The van der Waals surface area contributed by atoms with E-state index in [9.17, 15) is 5.11 Å². The van der Waals surface area contributed by atoms with Crippen LogP contribution in [0.5, 0.6) is 0 Å². The van der Waals surface area contributed by atoms with E-state index in [1.54, 1.807) is 0 Å². The minimum absolute atomic E-state index is 0.243. The number of likely N-dealkylation sites (tertiary alicyclic amines) is 1. The van der Waals surface area contributed by atoms with Gasteiger partial charge in [-0.15, -0.1) is 0 Å². The number of aromatic nitrogens is 2. The zero-order valence-electron chi connectivity index (χ0n) is 16.8. The molecule has 0 aliphatic carbocycles. The van der Waals surface area contributed by atoms with Gasteiger partial charge in [-0.3, -0.25) is 10.9 Å². The van der Waals surface area contributed by atoms with Crippen LogP contribution in [0.2, 0.25) is 0 Å².